The fourth-order valence-electron chi connectivity index (χ4n) is 2.76. The van der Waals surface area contributed by atoms with E-state index < -0.39 is 0 Å². The summed E-state index contributed by atoms with van der Waals surface area (Å²) in [4.78, 5) is 25.3. The second kappa shape index (κ2) is 4.61. The molecule has 0 bridgehead atoms. The first kappa shape index (κ1) is 12.7. The summed E-state index contributed by atoms with van der Waals surface area (Å²) in [6.07, 6.45) is 5.29. The van der Waals surface area contributed by atoms with Gasteiger partial charge in [-0.05, 0) is 25.3 Å². The van der Waals surface area contributed by atoms with E-state index in [1.165, 1.54) is 22.6 Å². The van der Waals surface area contributed by atoms with Gasteiger partial charge in [-0.15, -0.1) is 34.0 Å². The van der Waals surface area contributed by atoms with Crippen LogP contribution in [0.2, 0.25) is 0 Å². The molecule has 0 saturated heterocycles. The number of carbonyl (C=O) groups is 1. The number of rotatable bonds is 2. The van der Waals surface area contributed by atoms with Crippen LogP contribution in [0.1, 0.15) is 26.7 Å². The number of carbonyl (C=O) groups excluding carboxylic acids is 1. The van der Waals surface area contributed by atoms with Crippen molar-refractivity contribution in [3.8, 4) is 0 Å². The molecule has 0 radical (unpaired) electrons. The Morgan fingerprint density at radius 1 is 1.27 bits per heavy atom. The van der Waals surface area contributed by atoms with Gasteiger partial charge < -0.3 is 0 Å². The van der Waals surface area contributed by atoms with Crippen molar-refractivity contribution in [3.63, 3.8) is 0 Å². The number of aryl methyl sites for hydroxylation is 2. The highest BCUT2D eigenvalue weighted by Gasteiger charge is 2.20. The topological polar surface area (TPSA) is 59.3 Å². The minimum atomic E-state index is -0.0978. The van der Waals surface area contributed by atoms with Gasteiger partial charge in [0, 0.05) is 16.5 Å². The van der Waals surface area contributed by atoms with Gasteiger partial charge in [-0.1, -0.05) is 0 Å². The van der Waals surface area contributed by atoms with Crippen LogP contribution >= 0.6 is 34.0 Å². The van der Waals surface area contributed by atoms with Crippen molar-refractivity contribution in [1.82, 2.24) is 14.4 Å². The molecule has 1 aliphatic carbocycles. The van der Waals surface area contributed by atoms with E-state index in [1.807, 2.05) is 22.0 Å². The van der Waals surface area contributed by atoms with Gasteiger partial charge in [-0.2, -0.15) is 0 Å². The van der Waals surface area contributed by atoms with Crippen molar-refractivity contribution >= 4 is 60.4 Å². The predicted molar refractivity (Wildman–Crippen MR) is 90.5 cm³/mol. The van der Waals surface area contributed by atoms with Gasteiger partial charge in [0.25, 0.3) is 5.91 Å². The van der Waals surface area contributed by atoms with Crippen LogP contribution in [0.4, 0.5) is 5.13 Å². The molecule has 22 heavy (non-hydrogen) atoms. The maximum Gasteiger partial charge on any atom is 0.267 e. The lowest BCUT2D eigenvalue weighted by molar-refractivity contribution is 0.103. The molecular weight excluding hydrogens is 336 g/mol. The lowest BCUT2D eigenvalue weighted by atomic mass is 10.4. The number of anilines is 1. The van der Waals surface area contributed by atoms with E-state index in [9.17, 15) is 4.79 Å². The van der Waals surface area contributed by atoms with Crippen molar-refractivity contribution in [2.75, 3.05) is 5.32 Å². The van der Waals surface area contributed by atoms with Crippen LogP contribution in [0.3, 0.4) is 0 Å². The second-order valence-electron chi connectivity index (χ2n) is 5.16. The van der Waals surface area contributed by atoms with Gasteiger partial charge in [0.15, 0.2) is 10.1 Å². The number of fused-ring (bicyclic) bond motifs is 4. The molecular formula is C14H10N4OS3. The van der Waals surface area contributed by atoms with Crippen molar-refractivity contribution < 1.29 is 4.79 Å². The van der Waals surface area contributed by atoms with Gasteiger partial charge in [0.1, 0.15) is 4.83 Å². The fourth-order valence-corrected chi connectivity index (χ4v) is 5.50. The number of hydrogen-bond donors (Lipinski definition) is 1. The number of imidazole rings is 1. The van der Waals surface area contributed by atoms with E-state index in [0.717, 1.165) is 33.8 Å². The Kier molecular flexibility index (Phi) is 2.67. The molecule has 0 fully saturated rings. The third-order valence-corrected chi connectivity index (χ3v) is 6.63. The van der Waals surface area contributed by atoms with Crippen LogP contribution in [0.5, 0.6) is 0 Å². The Morgan fingerprint density at radius 2 is 2.23 bits per heavy atom. The summed E-state index contributed by atoms with van der Waals surface area (Å²) in [5.41, 5.74) is 2.15. The zero-order valence-electron chi connectivity index (χ0n) is 11.3. The number of nitrogens with one attached hydrogen (secondary N) is 1. The van der Waals surface area contributed by atoms with Gasteiger partial charge in [0.2, 0.25) is 0 Å². The molecule has 1 amide bonds. The molecule has 110 valence electrons. The van der Waals surface area contributed by atoms with Crippen molar-refractivity contribution in [2.45, 2.75) is 19.3 Å². The zero-order chi connectivity index (χ0) is 14.7. The zero-order valence-corrected chi connectivity index (χ0v) is 13.8. The number of aromatic nitrogens is 3. The molecule has 1 N–H and O–H groups in total. The van der Waals surface area contributed by atoms with E-state index in [1.54, 1.807) is 22.7 Å². The predicted octanol–water partition coefficient (Wildman–Crippen LogP) is 3.81. The Bertz CT molecular complexity index is 1000. The highest BCUT2D eigenvalue weighted by Crippen LogP contribution is 2.32. The van der Waals surface area contributed by atoms with Crippen LogP contribution < -0.4 is 5.32 Å². The molecule has 0 saturated carbocycles. The summed E-state index contributed by atoms with van der Waals surface area (Å²) in [6, 6.07) is 1.91. The second-order valence-corrected chi connectivity index (χ2v) is 8.15. The highest BCUT2D eigenvalue weighted by atomic mass is 32.1. The Labute approximate surface area is 137 Å². The maximum atomic E-state index is 12.4. The summed E-state index contributed by atoms with van der Waals surface area (Å²) in [7, 11) is 0. The number of thiazole rings is 2. The molecule has 0 spiro atoms. The lowest BCUT2D eigenvalue weighted by Crippen LogP contribution is -2.09. The van der Waals surface area contributed by atoms with Crippen LogP contribution in [0.25, 0.3) is 15.3 Å². The number of nitrogens with zero attached hydrogens (tertiary/aromatic N) is 3. The van der Waals surface area contributed by atoms with Crippen LogP contribution in [-0.4, -0.2) is 20.3 Å². The molecule has 1 aliphatic rings. The molecule has 4 aromatic rings. The molecule has 0 atom stereocenters. The standard InChI is InChI=1S/C14H10N4OS3/c19-11(16-13-15-7-2-1-3-9(7)22-13)10-6-8-12(21-10)17-14-18(8)4-5-20-14/h4-6H,1-3H2,(H,15,16,19). The number of amides is 1. The van der Waals surface area contributed by atoms with Crippen molar-refractivity contribution in [2.24, 2.45) is 0 Å². The smallest absolute Gasteiger partial charge is 0.267 e. The molecule has 0 aromatic carbocycles. The fraction of sp³-hybridized carbons (Fsp3) is 0.214. The highest BCUT2D eigenvalue weighted by molar-refractivity contribution is 7.21. The lowest BCUT2D eigenvalue weighted by Gasteiger charge is -1.98. The van der Waals surface area contributed by atoms with Crippen LogP contribution in [-0.2, 0) is 12.8 Å². The number of hydrogen-bond acceptors (Lipinski definition) is 6. The summed E-state index contributed by atoms with van der Waals surface area (Å²) in [5.74, 6) is -0.0978. The van der Waals surface area contributed by atoms with Crippen molar-refractivity contribution in [1.29, 1.82) is 0 Å². The van der Waals surface area contributed by atoms with Gasteiger partial charge in [0.05, 0.1) is 16.1 Å². The number of thiophene rings is 1. The maximum absolute atomic E-state index is 12.4. The van der Waals surface area contributed by atoms with E-state index in [2.05, 4.69) is 15.3 Å². The van der Waals surface area contributed by atoms with Crippen molar-refractivity contribution in [3.05, 3.63) is 33.1 Å². The summed E-state index contributed by atoms with van der Waals surface area (Å²) in [5, 5.41) is 5.63. The van der Waals surface area contributed by atoms with Gasteiger partial charge in [-0.3, -0.25) is 14.5 Å². The summed E-state index contributed by atoms with van der Waals surface area (Å²) >= 11 is 4.62. The van der Waals surface area contributed by atoms with Gasteiger partial charge in [-0.25, -0.2) is 9.97 Å². The minimum Gasteiger partial charge on any atom is -0.297 e. The molecule has 4 aromatic heterocycles. The molecule has 4 heterocycles. The van der Waals surface area contributed by atoms with E-state index in [4.69, 9.17) is 0 Å². The Morgan fingerprint density at radius 3 is 3.14 bits per heavy atom. The third kappa shape index (κ3) is 1.84. The molecule has 8 heteroatoms. The largest absolute Gasteiger partial charge is 0.297 e. The first-order valence-electron chi connectivity index (χ1n) is 6.93. The van der Waals surface area contributed by atoms with E-state index in [-0.39, 0.29) is 5.91 Å². The average Bonchev–Trinajstić information content (AvgIpc) is 3.20. The summed E-state index contributed by atoms with van der Waals surface area (Å²) in [6.45, 7) is 0. The molecule has 0 aliphatic heterocycles. The average molecular weight is 346 g/mol. The minimum absolute atomic E-state index is 0.0978. The molecule has 0 unspecified atom stereocenters. The first-order chi connectivity index (χ1) is 10.8. The van der Waals surface area contributed by atoms with Crippen LogP contribution in [0.15, 0.2) is 17.6 Å². The monoisotopic (exact) mass is 346 g/mol. The summed E-state index contributed by atoms with van der Waals surface area (Å²) < 4.78 is 2.02. The third-order valence-electron chi connectivity index (χ3n) is 3.78. The quantitative estimate of drug-likeness (QED) is 0.600. The molecule has 5 nitrogen and oxygen atoms in total. The van der Waals surface area contributed by atoms with E-state index in [0.29, 0.717) is 10.0 Å². The van der Waals surface area contributed by atoms with E-state index >= 15 is 0 Å². The van der Waals surface area contributed by atoms with Gasteiger partial charge >= 0.3 is 0 Å². The molecule has 5 rings (SSSR count). The first-order valence-corrected chi connectivity index (χ1v) is 9.44. The normalized spacial score (nSPS) is 14.0. The Hall–Kier alpha value is -1.77. The Balaban J connectivity index is 1.47. The SMILES string of the molecule is O=C(Nc1nc2c(s1)CCC2)c1cc2c(nc3sccn32)s1. The van der Waals surface area contributed by atoms with Crippen LogP contribution in [0, 0.1) is 0 Å².